The number of hydrogen-bond acceptors (Lipinski definition) is 6. The van der Waals surface area contributed by atoms with Gasteiger partial charge in [0.25, 0.3) is 0 Å². The molecule has 0 spiro atoms. The van der Waals surface area contributed by atoms with Crippen molar-refractivity contribution < 1.29 is 22.7 Å². The Labute approximate surface area is 198 Å². The van der Waals surface area contributed by atoms with E-state index in [9.17, 15) is 18.0 Å². The fourth-order valence-corrected chi connectivity index (χ4v) is 5.95. The number of H-pyrrole nitrogens is 1. The number of carbonyl (C=O) groups is 2. The van der Waals surface area contributed by atoms with Crippen molar-refractivity contribution in [1.82, 2.24) is 24.2 Å². The summed E-state index contributed by atoms with van der Waals surface area (Å²) >= 11 is 0. The average molecular weight is 488 g/mol. The molecule has 34 heavy (non-hydrogen) atoms. The van der Waals surface area contributed by atoms with Crippen molar-refractivity contribution in [2.45, 2.75) is 44.0 Å². The Morgan fingerprint density at radius 1 is 1.29 bits per heavy atom. The number of ether oxygens (including phenoxy) is 1. The fraction of sp³-hybridized carbons (Fsp3) is 0.435. The molecule has 1 aliphatic heterocycles. The maximum absolute atomic E-state index is 13.3. The second-order valence-electron chi connectivity index (χ2n) is 8.41. The van der Waals surface area contributed by atoms with Gasteiger partial charge in [-0.2, -0.15) is 4.31 Å². The summed E-state index contributed by atoms with van der Waals surface area (Å²) in [5.74, 6) is -0.176. The van der Waals surface area contributed by atoms with Gasteiger partial charge in [-0.3, -0.25) is 4.79 Å². The molecule has 0 bridgehead atoms. The lowest BCUT2D eigenvalue weighted by Crippen LogP contribution is -2.46. The second-order valence-corrected chi connectivity index (χ2v) is 10.3. The Morgan fingerprint density at radius 2 is 2.09 bits per heavy atom. The van der Waals surface area contributed by atoms with Crippen LogP contribution in [0.1, 0.15) is 41.6 Å². The molecular weight excluding hydrogens is 458 g/mol. The predicted octanol–water partition coefficient (Wildman–Crippen LogP) is 1.90. The normalized spacial score (nSPS) is 16.7. The molecule has 3 aromatic rings. The number of benzene rings is 1. The minimum absolute atomic E-state index is 0.0321. The summed E-state index contributed by atoms with van der Waals surface area (Å²) in [6, 6.07) is 6.45. The quantitative estimate of drug-likeness (QED) is 0.468. The Hall–Kier alpha value is -3.18. The number of aromatic nitrogens is 3. The summed E-state index contributed by atoms with van der Waals surface area (Å²) in [5, 5.41) is 2.85. The van der Waals surface area contributed by atoms with Gasteiger partial charge >= 0.3 is 5.97 Å². The van der Waals surface area contributed by atoms with Crippen LogP contribution in [0.4, 0.5) is 0 Å². The summed E-state index contributed by atoms with van der Waals surface area (Å²) in [4.78, 5) is 32.7. The van der Waals surface area contributed by atoms with Gasteiger partial charge < -0.3 is 19.6 Å². The largest absolute Gasteiger partial charge is 0.461 e. The molecule has 11 heteroatoms. The molecule has 0 radical (unpaired) electrons. The van der Waals surface area contributed by atoms with Crippen LogP contribution in [-0.4, -0.2) is 64.9 Å². The van der Waals surface area contributed by atoms with E-state index < -0.39 is 22.0 Å². The molecule has 182 valence electrons. The van der Waals surface area contributed by atoms with Crippen molar-refractivity contribution >= 4 is 32.9 Å². The number of sulfonamides is 1. The van der Waals surface area contributed by atoms with Crippen LogP contribution in [0.2, 0.25) is 0 Å². The molecule has 0 saturated carbocycles. The zero-order chi connectivity index (χ0) is 24.5. The summed E-state index contributed by atoms with van der Waals surface area (Å²) in [6.45, 7) is 4.46. The number of imidazole rings is 1. The van der Waals surface area contributed by atoms with E-state index in [1.54, 1.807) is 14.0 Å². The molecule has 0 unspecified atom stereocenters. The summed E-state index contributed by atoms with van der Waals surface area (Å²) in [5.41, 5.74) is 3.08. The molecule has 1 aromatic carbocycles. The van der Waals surface area contributed by atoms with E-state index in [1.807, 2.05) is 25.1 Å². The van der Waals surface area contributed by atoms with Gasteiger partial charge in [-0.25, -0.2) is 18.2 Å². The van der Waals surface area contributed by atoms with Gasteiger partial charge in [0.2, 0.25) is 15.9 Å². The van der Waals surface area contributed by atoms with E-state index >= 15 is 0 Å². The van der Waals surface area contributed by atoms with Crippen LogP contribution in [0.25, 0.3) is 11.0 Å². The third kappa shape index (κ3) is 4.71. The van der Waals surface area contributed by atoms with Crippen molar-refractivity contribution in [2.75, 3.05) is 19.7 Å². The maximum Gasteiger partial charge on any atom is 0.354 e. The number of fused-ring (bicyclic) bond motifs is 1. The van der Waals surface area contributed by atoms with Crippen LogP contribution in [0.3, 0.4) is 0 Å². The highest BCUT2D eigenvalue weighted by molar-refractivity contribution is 7.89. The zero-order valence-electron chi connectivity index (χ0n) is 19.5. The SMILES string of the molecule is CCOC(=O)c1cc(S(=O)(=O)N2CCC[C@H]2C(=O)NCCc2nc3ccc(C)cc3[nH]2)cn1C. The van der Waals surface area contributed by atoms with Crippen molar-refractivity contribution in [3.05, 3.63) is 47.5 Å². The third-order valence-electron chi connectivity index (χ3n) is 5.92. The maximum atomic E-state index is 13.3. The Bertz CT molecular complexity index is 1330. The number of amides is 1. The van der Waals surface area contributed by atoms with Crippen molar-refractivity contribution in [3.8, 4) is 0 Å². The number of aryl methyl sites for hydroxylation is 2. The highest BCUT2D eigenvalue weighted by atomic mass is 32.2. The summed E-state index contributed by atoms with van der Waals surface area (Å²) < 4.78 is 34.2. The predicted molar refractivity (Wildman–Crippen MR) is 126 cm³/mol. The Kier molecular flexibility index (Phi) is 6.76. The molecule has 1 atom stereocenters. The standard InChI is InChI=1S/C23H29N5O5S/c1-4-33-23(30)20-13-16(14-27(20)3)34(31,32)28-11-5-6-19(28)22(29)24-10-9-21-25-17-8-7-15(2)12-18(17)26-21/h7-8,12-14,19H,4-6,9-11H2,1-3H3,(H,24,29)(H,25,26)/t19-/m0/s1. The third-order valence-corrected chi connectivity index (χ3v) is 7.80. The van der Waals surface area contributed by atoms with Crippen LogP contribution in [0, 0.1) is 6.92 Å². The molecule has 1 fully saturated rings. The molecule has 1 saturated heterocycles. The first-order valence-corrected chi connectivity index (χ1v) is 12.7. The molecule has 0 aliphatic carbocycles. The summed E-state index contributed by atoms with van der Waals surface area (Å²) in [6.07, 6.45) is 2.89. The lowest BCUT2D eigenvalue weighted by atomic mass is 10.2. The monoisotopic (exact) mass is 487 g/mol. The molecule has 1 aliphatic rings. The first kappa shape index (κ1) is 24.0. The van der Waals surface area contributed by atoms with Crippen molar-refractivity contribution in [3.63, 3.8) is 0 Å². The number of aromatic amines is 1. The van der Waals surface area contributed by atoms with Gasteiger partial charge in [-0.15, -0.1) is 0 Å². The smallest absolute Gasteiger partial charge is 0.354 e. The van der Waals surface area contributed by atoms with E-state index in [2.05, 4.69) is 15.3 Å². The van der Waals surface area contributed by atoms with E-state index in [-0.39, 0.29) is 29.6 Å². The van der Waals surface area contributed by atoms with Gasteiger partial charge in [-0.05, 0) is 50.5 Å². The van der Waals surface area contributed by atoms with E-state index in [4.69, 9.17) is 4.74 Å². The van der Waals surface area contributed by atoms with Gasteiger partial charge in [0.1, 0.15) is 22.5 Å². The van der Waals surface area contributed by atoms with Crippen LogP contribution >= 0.6 is 0 Å². The van der Waals surface area contributed by atoms with Crippen LogP contribution < -0.4 is 5.32 Å². The van der Waals surface area contributed by atoms with Crippen LogP contribution in [0.5, 0.6) is 0 Å². The first-order valence-electron chi connectivity index (χ1n) is 11.3. The lowest BCUT2D eigenvalue weighted by molar-refractivity contribution is -0.124. The molecule has 1 amide bonds. The highest BCUT2D eigenvalue weighted by Gasteiger charge is 2.40. The lowest BCUT2D eigenvalue weighted by Gasteiger charge is -2.22. The van der Waals surface area contributed by atoms with E-state index in [0.717, 1.165) is 22.4 Å². The van der Waals surface area contributed by atoms with Gasteiger partial charge in [0.05, 0.1) is 17.6 Å². The average Bonchev–Trinajstić information content (AvgIpc) is 3.51. The molecular formula is C23H29N5O5S. The number of esters is 1. The Balaban J connectivity index is 1.42. The molecule has 2 aromatic heterocycles. The molecule has 2 N–H and O–H groups in total. The minimum Gasteiger partial charge on any atom is -0.461 e. The fourth-order valence-electron chi connectivity index (χ4n) is 4.23. The van der Waals surface area contributed by atoms with E-state index in [1.165, 1.54) is 21.1 Å². The van der Waals surface area contributed by atoms with Gasteiger partial charge in [-0.1, -0.05) is 6.07 Å². The Morgan fingerprint density at radius 3 is 2.85 bits per heavy atom. The number of carbonyl (C=O) groups excluding carboxylic acids is 2. The van der Waals surface area contributed by atoms with E-state index in [0.29, 0.717) is 25.8 Å². The highest BCUT2D eigenvalue weighted by Crippen LogP contribution is 2.27. The first-order chi connectivity index (χ1) is 16.2. The molecule has 3 heterocycles. The second kappa shape index (κ2) is 9.59. The zero-order valence-corrected chi connectivity index (χ0v) is 20.3. The minimum atomic E-state index is -3.96. The number of rotatable bonds is 8. The van der Waals surface area contributed by atoms with Gasteiger partial charge in [0.15, 0.2) is 0 Å². The number of nitrogens with zero attached hydrogens (tertiary/aromatic N) is 3. The van der Waals surface area contributed by atoms with Crippen LogP contribution in [-0.2, 0) is 33.0 Å². The van der Waals surface area contributed by atoms with Crippen molar-refractivity contribution in [1.29, 1.82) is 0 Å². The summed E-state index contributed by atoms with van der Waals surface area (Å²) in [7, 11) is -2.37. The molecule has 4 rings (SSSR count). The van der Waals surface area contributed by atoms with Crippen molar-refractivity contribution in [2.24, 2.45) is 7.05 Å². The number of nitrogens with one attached hydrogen (secondary N) is 2. The molecule has 10 nitrogen and oxygen atoms in total. The van der Waals surface area contributed by atoms with Gasteiger partial charge in [0, 0.05) is 32.8 Å². The topological polar surface area (TPSA) is 126 Å². The number of hydrogen-bond donors (Lipinski definition) is 2. The van der Waals surface area contributed by atoms with Crippen LogP contribution in [0.15, 0.2) is 35.4 Å².